The topological polar surface area (TPSA) is 114 Å². The highest BCUT2D eigenvalue weighted by atomic mass is 32.2. The van der Waals surface area contributed by atoms with Crippen molar-refractivity contribution in [3.63, 3.8) is 0 Å². The Morgan fingerprint density at radius 1 is 1.11 bits per heavy atom. The number of rotatable bonds is 6. The largest absolute Gasteiger partial charge is 0.348 e. The van der Waals surface area contributed by atoms with Crippen LogP contribution in [-0.2, 0) is 16.6 Å². The molecule has 8 nitrogen and oxygen atoms in total. The van der Waals surface area contributed by atoms with Crippen LogP contribution in [0.3, 0.4) is 0 Å². The number of benzene rings is 1. The molecule has 2 heterocycles. The molecule has 0 saturated carbocycles. The van der Waals surface area contributed by atoms with Gasteiger partial charge in [0.25, 0.3) is 5.91 Å². The first kappa shape index (κ1) is 19.6. The Morgan fingerprint density at radius 3 is 2.61 bits per heavy atom. The minimum Gasteiger partial charge on any atom is -0.348 e. The van der Waals surface area contributed by atoms with Crippen molar-refractivity contribution in [3.05, 3.63) is 71.7 Å². The van der Waals surface area contributed by atoms with E-state index in [1.807, 2.05) is 6.07 Å². The number of carbonyl (C=O) groups is 1. The summed E-state index contributed by atoms with van der Waals surface area (Å²) in [6.45, 7) is 1.90. The van der Waals surface area contributed by atoms with Gasteiger partial charge in [0, 0.05) is 18.9 Å². The van der Waals surface area contributed by atoms with Gasteiger partial charge in [-0.3, -0.25) is 9.78 Å². The first-order chi connectivity index (χ1) is 13.4. The first-order valence-corrected chi connectivity index (χ1v) is 9.95. The van der Waals surface area contributed by atoms with Gasteiger partial charge in [-0.25, -0.2) is 23.1 Å². The van der Waals surface area contributed by atoms with Crippen LogP contribution in [0.1, 0.15) is 21.6 Å². The molecule has 0 aliphatic carbocycles. The lowest BCUT2D eigenvalue weighted by atomic mass is 10.2. The number of nitrogens with one attached hydrogen (secondary N) is 2. The number of aromatic nitrogens is 3. The zero-order valence-electron chi connectivity index (χ0n) is 15.4. The van der Waals surface area contributed by atoms with Gasteiger partial charge in [0.1, 0.15) is 5.69 Å². The molecule has 0 aliphatic heterocycles. The van der Waals surface area contributed by atoms with E-state index in [0.717, 1.165) is 0 Å². The highest BCUT2D eigenvalue weighted by Gasteiger charge is 2.14. The molecule has 1 amide bonds. The molecule has 2 aromatic heterocycles. The van der Waals surface area contributed by atoms with Crippen molar-refractivity contribution in [2.75, 3.05) is 7.05 Å². The van der Waals surface area contributed by atoms with E-state index < -0.39 is 10.0 Å². The normalized spacial score (nSPS) is 11.2. The third kappa shape index (κ3) is 4.38. The summed E-state index contributed by atoms with van der Waals surface area (Å²) >= 11 is 0. The molecule has 0 atom stereocenters. The predicted molar refractivity (Wildman–Crippen MR) is 104 cm³/mol. The fourth-order valence-corrected chi connectivity index (χ4v) is 3.33. The number of pyridine rings is 1. The highest BCUT2D eigenvalue weighted by Crippen LogP contribution is 2.14. The summed E-state index contributed by atoms with van der Waals surface area (Å²) in [4.78, 5) is 25.4. The summed E-state index contributed by atoms with van der Waals surface area (Å²) in [6.07, 6.45) is 3.11. The molecule has 0 fully saturated rings. The number of aryl methyl sites for hydroxylation is 1. The zero-order chi connectivity index (χ0) is 20.1. The van der Waals surface area contributed by atoms with E-state index in [1.165, 1.54) is 25.4 Å². The van der Waals surface area contributed by atoms with Crippen LogP contribution in [0.15, 0.2) is 59.8 Å². The molecule has 0 spiro atoms. The maximum atomic E-state index is 12.5. The number of amides is 1. The molecule has 28 heavy (non-hydrogen) atoms. The fourth-order valence-electron chi connectivity index (χ4n) is 2.53. The second kappa shape index (κ2) is 8.24. The summed E-state index contributed by atoms with van der Waals surface area (Å²) in [7, 11) is -2.19. The van der Waals surface area contributed by atoms with Crippen LogP contribution in [0.5, 0.6) is 0 Å². The summed E-state index contributed by atoms with van der Waals surface area (Å²) in [5.74, 6) is 0.103. The summed E-state index contributed by atoms with van der Waals surface area (Å²) in [5, 5.41) is 2.76. The van der Waals surface area contributed by atoms with Gasteiger partial charge in [-0.05, 0) is 43.8 Å². The van der Waals surface area contributed by atoms with Crippen LogP contribution < -0.4 is 10.0 Å². The Morgan fingerprint density at radius 2 is 1.93 bits per heavy atom. The van der Waals surface area contributed by atoms with Crippen LogP contribution in [0.2, 0.25) is 0 Å². The molecule has 1 aromatic carbocycles. The summed E-state index contributed by atoms with van der Waals surface area (Å²) < 4.78 is 26.0. The van der Waals surface area contributed by atoms with E-state index >= 15 is 0 Å². The lowest BCUT2D eigenvalue weighted by Gasteiger charge is -2.09. The smallest absolute Gasteiger partial charge is 0.254 e. The number of sulfonamides is 1. The standard InChI is InChI=1S/C19H19N5O3S/c1-13-16(12-22-18(24-13)17-8-3-4-9-21-17)19(25)23-11-14-6-5-7-15(10-14)28(26,27)20-2/h3-10,12,20H,11H2,1-2H3,(H,23,25). The van der Waals surface area contributed by atoms with E-state index in [2.05, 4.69) is 25.0 Å². The average Bonchev–Trinajstić information content (AvgIpc) is 2.72. The number of nitrogens with zero attached hydrogens (tertiary/aromatic N) is 3. The maximum absolute atomic E-state index is 12.5. The van der Waals surface area contributed by atoms with Crippen molar-refractivity contribution in [1.82, 2.24) is 25.0 Å². The van der Waals surface area contributed by atoms with Crippen LogP contribution in [0.25, 0.3) is 11.5 Å². The predicted octanol–water partition coefficient (Wildman–Crippen LogP) is 1.69. The van der Waals surface area contributed by atoms with Crippen molar-refractivity contribution in [3.8, 4) is 11.5 Å². The lowest BCUT2D eigenvalue weighted by molar-refractivity contribution is 0.0949. The van der Waals surface area contributed by atoms with E-state index in [0.29, 0.717) is 28.3 Å². The maximum Gasteiger partial charge on any atom is 0.254 e. The molecule has 2 N–H and O–H groups in total. The van der Waals surface area contributed by atoms with E-state index in [-0.39, 0.29) is 17.3 Å². The van der Waals surface area contributed by atoms with Gasteiger partial charge < -0.3 is 5.32 Å². The second-order valence-corrected chi connectivity index (χ2v) is 7.83. The molecule has 3 rings (SSSR count). The lowest BCUT2D eigenvalue weighted by Crippen LogP contribution is -2.24. The summed E-state index contributed by atoms with van der Waals surface area (Å²) in [5.41, 5.74) is 2.16. The quantitative estimate of drug-likeness (QED) is 0.654. The minimum absolute atomic E-state index is 0.140. The van der Waals surface area contributed by atoms with Gasteiger partial charge in [0.2, 0.25) is 10.0 Å². The number of hydrogen-bond acceptors (Lipinski definition) is 6. The van der Waals surface area contributed by atoms with Crippen molar-refractivity contribution in [2.45, 2.75) is 18.4 Å². The van der Waals surface area contributed by atoms with Crippen LogP contribution >= 0.6 is 0 Å². The Hall–Kier alpha value is -3.17. The first-order valence-electron chi connectivity index (χ1n) is 8.46. The van der Waals surface area contributed by atoms with Crippen molar-refractivity contribution in [1.29, 1.82) is 0 Å². The molecule has 144 valence electrons. The molecule has 3 aromatic rings. The summed E-state index contributed by atoms with van der Waals surface area (Å²) in [6, 6.07) is 11.8. The second-order valence-electron chi connectivity index (χ2n) is 5.95. The van der Waals surface area contributed by atoms with Gasteiger partial charge in [0.15, 0.2) is 5.82 Å². The fraction of sp³-hybridized carbons (Fsp3) is 0.158. The van der Waals surface area contributed by atoms with Gasteiger partial charge in [-0.2, -0.15) is 0 Å². The Bertz CT molecular complexity index is 1100. The zero-order valence-corrected chi connectivity index (χ0v) is 16.2. The third-order valence-corrected chi connectivity index (χ3v) is 5.46. The molecule has 0 saturated heterocycles. The van der Waals surface area contributed by atoms with Gasteiger partial charge in [-0.15, -0.1) is 0 Å². The molecule has 0 radical (unpaired) electrons. The Balaban J connectivity index is 1.73. The molecule has 9 heteroatoms. The minimum atomic E-state index is -3.54. The Labute approximate surface area is 163 Å². The molecular weight excluding hydrogens is 378 g/mol. The van der Waals surface area contributed by atoms with E-state index in [9.17, 15) is 13.2 Å². The van der Waals surface area contributed by atoms with Crippen LogP contribution in [0, 0.1) is 6.92 Å². The van der Waals surface area contributed by atoms with E-state index in [4.69, 9.17) is 0 Å². The van der Waals surface area contributed by atoms with Crippen LogP contribution in [0.4, 0.5) is 0 Å². The number of carbonyl (C=O) groups excluding carboxylic acids is 1. The van der Waals surface area contributed by atoms with Gasteiger partial charge in [-0.1, -0.05) is 18.2 Å². The van der Waals surface area contributed by atoms with Gasteiger partial charge in [0.05, 0.1) is 16.2 Å². The number of hydrogen-bond donors (Lipinski definition) is 2. The molecule has 0 unspecified atom stereocenters. The van der Waals surface area contributed by atoms with Crippen LogP contribution in [-0.4, -0.2) is 36.3 Å². The molecule has 0 aliphatic rings. The Kier molecular flexibility index (Phi) is 5.76. The van der Waals surface area contributed by atoms with Crippen molar-refractivity contribution >= 4 is 15.9 Å². The van der Waals surface area contributed by atoms with Crippen molar-refractivity contribution < 1.29 is 13.2 Å². The third-order valence-electron chi connectivity index (χ3n) is 4.05. The monoisotopic (exact) mass is 397 g/mol. The molecular formula is C19H19N5O3S. The van der Waals surface area contributed by atoms with Crippen molar-refractivity contribution in [2.24, 2.45) is 0 Å². The van der Waals surface area contributed by atoms with Gasteiger partial charge >= 0.3 is 0 Å². The molecule has 0 bridgehead atoms. The van der Waals surface area contributed by atoms with E-state index in [1.54, 1.807) is 37.4 Å². The highest BCUT2D eigenvalue weighted by molar-refractivity contribution is 7.89. The average molecular weight is 397 g/mol. The SMILES string of the molecule is CNS(=O)(=O)c1cccc(CNC(=O)c2cnc(-c3ccccn3)nc2C)c1.